The first kappa shape index (κ1) is 42.6. The minimum Gasteiger partial charge on any atom is -0.547 e. The molecular weight excluding hydrogens is 604 g/mol. The third kappa shape index (κ3) is 12.5. The van der Waals surface area contributed by atoms with Gasteiger partial charge in [0, 0.05) is 21.1 Å². The molecule has 2 saturated heterocycles. The molecule has 272 valence electrons. The minimum absolute atomic E-state index is 0.527. The van der Waals surface area contributed by atoms with Crippen LogP contribution in [0.4, 0.5) is 0 Å². The number of hydrogen-bond acceptors (Lipinski definition) is 12. The van der Waals surface area contributed by atoms with Gasteiger partial charge in [-0.1, -0.05) is 53.4 Å². The first-order valence-corrected chi connectivity index (χ1v) is 16.9. The number of carboxylic acids is 1. The summed E-state index contributed by atoms with van der Waals surface area (Å²) in [7, 11) is 2.37. The van der Waals surface area contributed by atoms with E-state index >= 15 is 0 Å². The van der Waals surface area contributed by atoms with Crippen LogP contribution < -0.4 is 10.4 Å². The number of unbranched alkanes of at least 4 members (excludes halogenated alkanes) is 4. The topological polar surface area (TPSA) is 196 Å². The third-order valence-electron chi connectivity index (χ3n) is 8.74. The molecule has 0 aliphatic carbocycles. The van der Waals surface area contributed by atoms with Gasteiger partial charge >= 0.3 is 0 Å². The normalized spacial score (nSPS) is 31.5. The zero-order valence-corrected chi connectivity index (χ0v) is 29.0. The molecule has 14 heteroatoms. The number of hydrogen-bond donors (Lipinski definition) is 5. The number of methoxy groups -OCH3 is 2. The van der Waals surface area contributed by atoms with Gasteiger partial charge in [0.1, 0.15) is 48.8 Å². The Bertz CT molecular complexity index is 814. The van der Waals surface area contributed by atoms with Crippen LogP contribution in [0.15, 0.2) is 0 Å². The van der Waals surface area contributed by atoms with E-state index in [1.807, 2.05) is 0 Å². The number of nitrogens with one attached hydrogen (secondary N) is 1. The predicted octanol–water partition coefficient (Wildman–Crippen LogP) is -0.184. The molecule has 2 aliphatic rings. The lowest BCUT2D eigenvalue weighted by atomic mass is 9.95. The highest BCUT2D eigenvalue weighted by Gasteiger charge is 2.52. The van der Waals surface area contributed by atoms with Crippen LogP contribution in [0.2, 0.25) is 0 Å². The van der Waals surface area contributed by atoms with Crippen molar-refractivity contribution >= 4 is 11.9 Å². The first-order valence-electron chi connectivity index (χ1n) is 16.9. The van der Waals surface area contributed by atoms with E-state index in [1.54, 1.807) is 0 Å². The molecule has 2 aliphatic heterocycles. The van der Waals surface area contributed by atoms with Crippen molar-refractivity contribution in [2.24, 2.45) is 0 Å². The van der Waals surface area contributed by atoms with Crippen molar-refractivity contribution in [2.45, 2.75) is 147 Å². The fourth-order valence-corrected chi connectivity index (χ4v) is 6.02. The molecule has 0 bridgehead atoms. The summed E-state index contributed by atoms with van der Waals surface area (Å²) in [4.78, 5) is 22.9. The molecule has 0 aromatic heterocycles. The Kier molecular flexibility index (Phi) is 20.6. The average molecular weight is 667 g/mol. The molecule has 0 aromatic rings. The average Bonchev–Trinajstić information content (AvgIpc) is 3.04. The van der Waals surface area contributed by atoms with Gasteiger partial charge in [-0.25, -0.2) is 0 Å². The predicted molar refractivity (Wildman–Crippen MR) is 167 cm³/mol. The molecule has 5 N–H and O–H groups in total. The number of aliphatic carboxylic acids is 1. The van der Waals surface area contributed by atoms with Gasteiger partial charge in [0.25, 0.3) is 0 Å². The molecule has 0 radical (unpaired) electrons. The van der Waals surface area contributed by atoms with Crippen LogP contribution in [0.3, 0.4) is 0 Å². The van der Waals surface area contributed by atoms with Crippen molar-refractivity contribution in [2.75, 3.05) is 47.0 Å². The van der Waals surface area contributed by atoms with Crippen LogP contribution >= 0.6 is 0 Å². The number of aliphatic hydroxyl groups is 4. The van der Waals surface area contributed by atoms with Crippen molar-refractivity contribution in [1.82, 2.24) is 5.32 Å². The highest BCUT2D eigenvalue weighted by molar-refractivity contribution is 5.73. The lowest BCUT2D eigenvalue weighted by Crippen LogP contribution is -2.68. The maximum absolute atomic E-state index is 11.6. The lowest BCUT2D eigenvalue weighted by Gasteiger charge is -2.47. The molecule has 0 spiro atoms. The van der Waals surface area contributed by atoms with Crippen LogP contribution in [0.1, 0.15) is 86.0 Å². The number of amides is 1. The quantitative estimate of drug-likeness (QED) is 0.114. The van der Waals surface area contributed by atoms with Gasteiger partial charge in [0.15, 0.2) is 12.6 Å². The second-order valence-electron chi connectivity index (χ2n) is 12.4. The Morgan fingerprint density at radius 1 is 0.761 bits per heavy atom. The zero-order valence-electron chi connectivity index (χ0n) is 29.0. The molecular formula is C32H62N2O12. The van der Waals surface area contributed by atoms with Gasteiger partial charge in [-0.15, -0.1) is 0 Å². The molecule has 2 rings (SSSR count). The van der Waals surface area contributed by atoms with Crippen molar-refractivity contribution in [3.05, 3.63) is 0 Å². The van der Waals surface area contributed by atoms with Crippen LogP contribution in [-0.2, 0) is 33.3 Å². The summed E-state index contributed by atoms with van der Waals surface area (Å²) in [6, 6.07) is -1.12. The Labute approximate surface area is 274 Å². The summed E-state index contributed by atoms with van der Waals surface area (Å²) in [5.41, 5.74) is 0. The van der Waals surface area contributed by atoms with E-state index in [1.165, 1.54) is 96.1 Å². The maximum Gasteiger partial charge on any atom is 0.217 e. The SMILES string of the molecule is CCCC[N+](CCCC)(CCCC)CCCC.CO[C@@H]1O[C@H](CO)[C@@H](O)[C@H](O[C@@H]2O[C@H](C(=O)[O-])[C@@H](OC)[C@H](O)[C@H]2O)[C@H]1NC(C)=O. The number of carboxylic acid groups (broad SMARTS) is 1. The van der Waals surface area contributed by atoms with Crippen molar-refractivity contribution < 1.29 is 63.3 Å². The van der Waals surface area contributed by atoms with Crippen molar-refractivity contribution in [1.29, 1.82) is 0 Å². The fraction of sp³-hybridized carbons (Fsp3) is 0.938. The van der Waals surface area contributed by atoms with Crippen LogP contribution in [-0.4, -0.2) is 145 Å². The van der Waals surface area contributed by atoms with Crippen LogP contribution in [0, 0.1) is 0 Å². The van der Waals surface area contributed by atoms with E-state index in [9.17, 15) is 35.1 Å². The summed E-state index contributed by atoms with van der Waals surface area (Å²) in [6.07, 6.45) is -2.62. The van der Waals surface area contributed by atoms with E-state index in [4.69, 9.17) is 23.7 Å². The minimum atomic E-state index is -1.79. The molecule has 2 fully saturated rings. The summed E-state index contributed by atoms with van der Waals surface area (Å²) in [5.74, 6) is -2.24. The van der Waals surface area contributed by atoms with Crippen molar-refractivity contribution in [3.8, 4) is 0 Å². The Morgan fingerprint density at radius 2 is 1.26 bits per heavy atom. The van der Waals surface area contributed by atoms with Gasteiger partial charge in [-0.3, -0.25) is 4.79 Å². The second kappa shape index (κ2) is 22.2. The Morgan fingerprint density at radius 3 is 1.63 bits per heavy atom. The monoisotopic (exact) mass is 666 g/mol. The van der Waals surface area contributed by atoms with Gasteiger partial charge in [-0.2, -0.15) is 0 Å². The van der Waals surface area contributed by atoms with Gasteiger partial charge in [-0.05, 0) is 25.7 Å². The fourth-order valence-electron chi connectivity index (χ4n) is 6.02. The van der Waals surface area contributed by atoms with Gasteiger partial charge in [0.05, 0.1) is 38.8 Å². The second-order valence-corrected chi connectivity index (χ2v) is 12.4. The van der Waals surface area contributed by atoms with E-state index in [2.05, 4.69) is 33.0 Å². The van der Waals surface area contributed by atoms with E-state index in [0.717, 1.165) is 7.11 Å². The summed E-state index contributed by atoms with van der Waals surface area (Å²) in [5, 5.41) is 54.2. The Balaban J connectivity index is 0.000000533. The molecule has 46 heavy (non-hydrogen) atoms. The number of rotatable bonds is 19. The number of carbonyl (C=O) groups excluding carboxylic acids is 2. The largest absolute Gasteiger partial charge is 0.547 e. The zero-order chi connectivity index (χ0) is 34.9. The number of aliphatic hydroxyl groups excluding tert-OH is 4. The number of carbonyl (C=O) groups is 2. The Hall–Kier alpha value is -1.46. The summed E-state index contributed by atoms with van der Waals surface area (Å²) >= 11 is 0. The first-order chi connectivity index (χ1) is 21.9. The molecule has 0 unspecified atom stereocenters. The maximum atomic E-state index is 11.6. The standard InChI is InChI=1S/C16H27NO12.C16H36N/c1-5(19)17-7-11(8(20)6(4-18)27-15(7)26-3)28-16-10(22)9(21)12(25-2)13(29-16)14(23)24;1-5-9-13-17(14-10-6-2,15-11-7-3)16-12-8-4/h6-13,15-16,18,20-22H,4H2,1-3H3,(H,17,19)(H,23,24);5-16H2,1-4H3/q;+1/p-1/t6-,7-,8-,9-,10-,11-,12+,13+,15-,16-;/m1./s1. The number of ether oxygens (including phenoxy) is 5. The van der Waals surface area contributed by atoms with Gasteiger partial charge in [0.2, 0.25) is 5.91 Å². The number of quaternary nitrogens is 1. The van der Waals surface area contributed by atoms with E-state index in [-0.39, 0.29) is 0 Å². The summed E-state index contributed by atoms with van der Waals surface area (Å²) in [6.45, 7) is 15.6. The third-order valence-corrected chi connectivity index (χ3v) is 8.74. The lowest BCUT2D eigenvalue weighted by molar-refractivity contribution is -0.929. The van der Waals surface area contributed by atoms with Crippen LogP contribution in [0.25, 0.3) is 0 Å². The van der Waals surface area contributed by atoms with E-state index in [0.29, 0.717) is 0 Å². The van der Waals surface area contributed by atoms with E-state index < -0.39 is 79.8 Å². The highest BCUT2D eigenvalue weighted by atomic mass is 16.7. The highest BCUT2D eigenvalue weighted by Crippen LogP contribution is 2.30. The van der Waals surface area contributed by atoms with Crippen LogP contribution in [0.5, 0.6) is 0 Å². The molecule has 0 aromatic carbocycles. The molecule has 2 heterocycles. The smallest absolute Gasteiger partial charge is 0.217 e. The molecule has 1 amide bonds. The molecule has 10 atom stereocenters. The number of nitrogens with zero attached hydrogens (tertiary/aromatic N) is 1. The summed E-state index contributed by atoms with van der Waals surface area (Å²) < 4.78 is 27.5. The molecule has 14 nitrogen and oxygen atoms in total. The van der Waals surface area contributed by atoms with Crippen molar-refractivity contribution in [3.63, 3.8) is 0 Å². The molecule has 0 saturated carbocycles. The van der Waals surface area contributed by atoms with Gasteiger partial charge < -0.3 is 63.8 Å².